The second-order valence-corrected chi connectivity index (χ2v) is 5.26. The van der Waals surface area contributed by atoms with Crippen molar-refractivity contribution < 1.29 is 9.00 Å². The molecule has 0 spiro atoms. The van der Waals surface area contributed by atoms with Gasteiger partial charge in [0.25, 0.3) is 5.91 Å². The summed E-state index contributed by atoms with van der Waals surface area (Å²) >= 11 is 0. The highest BCUT2D eigenvalue weighted by Gasteiger charge is 2.10. The second kappa shape index (κ2) is 5.62. The average Bonchev–Trinajstić information content (AvgIpc) is 2.19. The fourth-order valence-electron chi connectivity index (χ4n) is 1.35. The molecule has 0 bridgehead atoms. The van der Waals surface area contributed by atoms with Crippen LogP contribution in [-0.2, 0) is 10.8 Å². The molecule has 1 aromatic rings. The number of nitrogens with zero attached hydrogens (tertiary/aromatic N) is 1. The molecule has 0 aliphatic rings. The Morgan fingerprint density at radius 2 is 2.24 bits per heavy atom. The number of amides is 1. The SMILES string of the molecule is CC(CS(C)=O)Nc1nc(C(N)=O)ccc1N. The molecule has 0 saturated carbocycles. The van der Waals surface area contributed by atoms with Gasteiger partial charge >= 0.3 is 0 Å². The van der Waals surface area contributed by atoms with Crippen molar-refractivity contribution in [1.29, 1.82) is 0 Å². The zero-order valence-electron chi connectivity index (χ0n) is 9.77. The molecule has 1 amide bonds. The Morgan fingerprint density at radius 1 is 1.59 bits per heavy atom. The first-order chi connectivity index (χ1) is 7.90. The number of carbonyl (C=O) groups is 1. The highest BCUT2D eigenvalue weighted by atomic mass is 32.2. The smallest absolute Gasteiger partial charge is 0.267 e. The van der Waals surface area contributed by atoms with Crippen molar-refractivity contribution in [2.24, 2.45) is 5.73 Å². The van der Waals surface area contributed by atoms with Crippen LogP contribution in [0.1, 0.15) is 17.4 Å². The van der Waals surface area contributed by atoms with E-state index in [2.05, 4.69) is 10.3 Å². The van der Waals surface area contributed by atoms with Crippen molar-refractivity contribution in [3.8, 4) is 0 Å². The number of pyridine rings is 1. The van der Waals surface area contributed by atoms with Crippen LogP contribution < -0.4 is 16.8 Å². The minimum absolute atomic E-state index is 0.0567. The number of nitrogen functional groups attached to an aromatic ring is 1. The van der Waals surface area contributed by atoms with Gasteiger partial charge in [0.1, 0.15) is 11.5 Å². The number of carbonyl (C=O) groups excluding carboxylic acids is 1. The number of nitrogens with one attached hydrogen (secondary N) is 1. The van der Waals surface area contributed by atoms with E-state index in [1.807, 2.05) is 6.92 Å². The van der Waals surface area contributed by atoms with Crippen molar-refractivity contribution in [3.05, 3.63) is 17.8 Å². The van der Waals surface area contributed by atoms with Crippen LogP contribution in [0.4, 0.5) is 11.5 Å². The van der Waals surface area contributed by atoms with E-state index in [1.165, 1.54) is 6.07 Å². The minimum Gasteiger partial charge on any atom is -0.396 e. The molecule has 0 radical (unpaired) electrons. The Labute approximate surface area is 102 Å². The van der Waals surface area contributed by atoms with E-state index in [9.17, 15) is 9.00 Å². The molecule has 7 heteroatoms. The third-order valence-corrected chi connectivity index (χ3v) is 3.02. The lowest BCUT2D eigenvalue weighted by molar-refractivity contribution is 0.0995. The molecule has 6 nitrogen and oxygen atoms in total. The summed E-state index contributed by atoms with van der Waals surface area (Å²) in [5, 5.41) is 3.00. The van der Waals surface area contributed by atoms with Crippen molar-refractivity contribution in [2.45, 2.75) is 13.0 Å². The number of rotatable bonds is 5. The normalized spacial score (nSPS) is 14.0. The number of anilines is 2. The van der Waals surface area contributed by atoms with Gasteiger partial charge < -0.3 is 16.8 Å². The molecule has 0 aliphatic heterocycles. The lowest BCUT2D eigenvalue weighted by atomic mass is 10.3. The lowest BCUT2D eigenvalue weighted by Gasteiger charge is -2.15. The zero-order chi connectivity index (χ0) is 13.0. The standard InChI is InChI=1S/C10H16N4O2S/c1-6(5-17(2)16)13-10-7(11)3-4-8(14-10)9(12)15/h3-4,6H,5,11H2,1-2H3,(H2,12,15)(H,13,14). The molecule has 17 heavy (non-hydrogen) atoms. The van der Waals surface area contributed by atoms with E-state index in [1.54, 1.807) is 12.3 Å². The monoisotopic (exact) mass is 256 g/mol. The molecule has 1 heterocycles. The number of nitrogens with two attached hydrogens (primary N) is 2. The van der Waals surface area contributed by atoms with E-state index in [0.29, 0.717) is 17.3 Å². The molecule has 1 aromatic heterocycles. The van der Waals surface area contributed by atoms with Crippen LogP contribution in [-0.4, -0.2) is 33.2 Å². The Hall–Kier alpha value is -1.63. The fourth-order valence-corrected chi connectivity index (χ4v) is 2.14. The maximum atomic E-state index is 11.0. The topological polar surface area (TPSA) is 111 Å². The van der Waals surface area contributed by atoms with Crippen LogP contribution in [0.25, 0.3) is 0 Å². The number of primary amides is 1. The van der Waals surface area contributed by atoms with Crippen LogP contribution in [0.3, 0.4) is 0 Å². The van der Waals surface area contributed by atoms with Gasteiger partial charge in [-0.3, -0.25) is 9.00 Å². The lowest BCUT2D eigenvalue weighted by Crippen LogP contribution is -2.24. The molecule has 0 aliphatic carbocycles. The van der Waals surface area contributed by atoms with Gasteiger partial charge in [0.15, 0.2) is 0 Å². The third kappa shape index (κ3) is 4.03. The third-order valence-electron chi connectivity index (χ3n) is 2.05. The summed E-state index contributed by atoms with van der Waals surface area (Å²) in [4.78, 5) is 15.0. The second-order valence-electron chi connectivity index (χ2n) is 3.78. The molecule has 0 saturated heterocycles. The Kier molecular flexibility index (Phi) is 4.45. The Morgan fingerprint density at radius 3 is 2.76 bits per heavy atom. The van der Waals surface area contributed by atoms with Crippen LogP contribution in [0.5, 0.6) is 0 Å². The van der Waals surface area contributed by atoms with E-state index >= 15 is 0 Å². The molecule has 2 unspecified atom stereocenters. The number of hydrogen-bond acceptors (Lipinski definition) is 5. The van der Waals surface area contributed by atoms with Crippen molar-refractivity contribution in [2.75, 3.05) is 23.1 Å². The van der Waals surface area contributed by atoms with E-state index < -0.39 is 16.7 Å². The van der Waals surface area contributed by atoms with Gasteiger partial charge in [0.2, 0.25) is 0 Å². The summed E-state index contributed by atoms with van der Waals surface area (Å²) in [5.74, 6) is 0.251. The summed E-state index contributed by atoms with van der Waals surface area (Å²) in [6.07, 6.45) is 1.62. The summed E-state index contributed by atoms with van der Waals surface area (Å²) in [6.45, 7) is 1.86. The van der Waals surface area contributed by atoms with Gasteiger partial charge in [0.05, 0.1) is 5.69 Å². The predicted molar refractivity (Wildman–Crippen MR) is 69.2 cm³/mol. The van der Waals surface area contributed by atoms with Crippen molar-refractivity contribution in [3.63, 3.8) is 0 Å². The minimum atomic E-state index is -0.913. The number of aromatic nitrogens is 1. The maximum Gasteiger partial charge on any atom is 0.267 e. The highest BCUT2D eigenvalue weighted by molar-refractivity contribution is 7.84. The van der Waals surface area contributed by atoms with Gasteiger partial charge in [-0.1, -0.05) is 0 Å². The Bertz CT molecular complexity index is 450. The quantitative estimate of drug-likeness (QED) is 0.683. The van der Waals surface area contributed by atoms with E-state index in [0.717, 1.165) is 0 Å². The van der Waals surface area contributed by atoms with Gasteiger partial charge in [-0.15, -0.1) is 0 Å². The van der Waals surface area contributed by atoms with E-state index in [-0.39, 0.29) is 11.7 Å². The Balaban J connectivity index is 2.86. The molecule has 94 valence electrons. The molecule has 0 aromatic carbocycles. The maximum absolute atomic E-state index is 11.0. The van der Waals surface area contributed by atoms with Gasteiger partial charge in [0, 0.05) is 28.9 Å². The van der Waals surface area contributed by atoms with Gasteiger partial charge in [-0.2, -0.15) is 0 Å². The average molecular weight is 256 g/mol. The summed E-state index contributed by atoms with van der Waals surface area (Å²) in [7, 11) is -0.913. The first-order valence-corrected chi connectivity index (χ1v) is 6.75. The predicted octanol–water partition coefficient (Wildman–Crippen LogP) is -0.0584. The van der Waals surface area contributed by atoms with Gasteiger partial charge in [-0.25, -0.2) is 4.98 Å². The summed E-state index contributed by atoms with van der Waals surface area (Å²) in [6, 6.07) is 2.97. The highest BCUT2D eigenvalue weighted by Crippen LogP contribution is 2.16. The van der Waals surface area contributed by atoms with Crippen LogP contribution in [0, 0.1) is 0 Å². The van der Waals surface area contributed by atoms with Crippen LogP contribution in [0.2, 0.25) is 0 Å². The first kappa shape index (κ1) is 13.4. The zero-order valence-corrected chi connectivity index (χ0v) is 10.6. The summed E-state index contributed by atoms with van der Waals surface area (Å²) < 4.78 is 11.0. The first-order valence-electron chi connectivity index (χ1n) is 5.03. The van der Waals surface area contributed by atoms with Crippen LogP contribution >= 0.6 is 0 Å². The molecular weight excluding hydrogens is 240 g/mol. The van der Waals surface area contributed by atoms with Gasteiger partial charge in [-0.05, 0) is 19.1 Å². The van der Waals surface area contributed by atoms with Crippen molar-refractivity contribution >= 4 is 28.2 Å². The molecule has 1 rings (SSSR count). The molecule has 2 atom stereocenters. The van der Waals surface area contributed by atoms with Crippen molar-refractivity contribution in [1.82, 2.24) is 4.98 Å². The molecule has 5 N–H and O–H groups in total. The van der Waals surface area contributed by atoms with Crippen LogP contribution in [0.15, 0.2) is 12.1 Å². The molecule has 0 fully saturated rings. The molecular formula is C10H16N4O2S. The summed E-state index contributed by atoms with van der Waals surface area (Å²) in [5.41, 5.74) is 11.4. The number of hydrogen-bond donors (Lipinski definition) is 3. The van der Waals surface area contributed by atoms with E-state index in [4.69, 9.17) is 11.5 Å². The fraction of sp³-hybridized carbons (Fsp3) is 0.400. The largest absolute Gasteiger partial charge is 0.396 e.